The first-order chi connectivity index (χ1) is 19.1. The van der Waals surface area contributed by atoms with Gasteiger partial charge in [0, 0.05) is 31.2 Å². The number of ether oxygens (including phenoxy) is 1. The number of piperidine rings is 1. The second-order valence-electron chi connectivity index (χ2n) is 9.77. The highest BCUT2D eigenvalue weighted by Crippen LogP contribution is 2.38. The van der Waals surface area contributed by atoms with Gasteiger partial charge < -0.3 is 14.7 Å². The lowest BCUT2D eigenvalue weighted by atomic mass is 10.0. The third kappa shape index (κ3) is 9.06. The van der Waals surface area contributed by atoms with Crippen LogP contribution in [0.5, 0.6) is 5.75 Å². The van der Waals surface area contributed by atoms with Gasteiger partial charge in [0.25, 0.3) is 0 Å². The fraction of sp³-hybridized carbons (Fsp3) is 0.484. The van der Waals surface area contributed by atoms with Crippen LogP contribution in [0.15, 0.2) is 42.6 Å². The Bertz CT molecular complexity index is 1200. The highest BCUT2D eigenvalue weighted by Gasteiger charge is 2.18. The number of aromatic nitrogens is 1. The van der Waals surface area contributed by atoms with Gasteiger partial charge in [-0.25, -0.2) is 4.98 Å². The quantitative estimate of drug-likeness (QED) is 0.236. The third-order valence-electron chi connectivity index (χ3n) is 6.73. The van der Waals surface area contributed by atoms with E-state index in [1.165, 1.54) is 79.1 Å². The van der Waals surface area contributed by atoms with Crippen molar-refractivity contribution in [3.05, 3.63) is 59.3 Å². The number of hydrogen-bond acceptors (Lipinski definition) is 8. The maximum Gasteiger partial charge on any atom is 0.137 e. The predicted octanol–water partition coefficient (Wildman–Crippen LogP) is 6.57. The fourth-order valence-corrected chi connectivity index (χ4v) is 6.47. The highest BCUT2D eigenvalue weighted by molar-refractivity contribution is 7.97. The van der Waals surface area contributed by atoms with Gasteiger partial charge in [-0.15, -0.1) is 11.3 Å². The SMILES string of the molecule is CC(C)Oc1ccc(-c2ncc(-c3cccc4c3CCC4)s2)cc1C#N.CNSCCN1CCCCC1.CO. The van der Waals surface area contributed by atoms with E-state index in [2.05, 4.69) is 38.9 Å². The van der Waals surface area contributed by atoms with Crippen molar-refractivity contribution in [1.82, 2.24) is 14.6 Å². The topological polar surface area (TPSA) is 81.4 Å². The zero-order valence-corrected chi connectivity index (χ0v) is 25.3. The van der Waals surface area contributed by atoms with Gasteiger partial charge in [-0.2, -0.15) is 5.26 Å². The molecule has 0 unspecified atom stereocenters. The lowest BCUT2D eigenvalue weighted by Gasteiger charge is -2.25. The van der Waals surface area contributed by atoms with Crippen molar-refractivity contribution in [3.63, 3.8) is 0 Å². The molecule has 0 amide bonds. The van der Waals surface area contributed by atoms with Gasteiger partial charge in [-0.1, -0.05) is 36.6 Å². The molecule has 2 heterocycles. The van der Waals surface area contributed by atoms with Crippen molar-refractivity contribution in [1.29, 1.82) is 5.26 Å². The number of aliphatic hydroxyl groups is 1. The minimum Gasteiger partial charge on any atom is -0.490 e. The first-order valence-electron chi connectivity index (χ1n) is 13.8. The maximum absolute atomic E-state index is 9.44. The number of nitriles is 1. The van der Waals surface area contributed by atoms with Crippen LogP contribution in [0, 0.1) is 11.3 Å². The van der Waals surface area contributed by atoms with Crippen LogP contribution in [0.4, 0.5) is 0 Å². The lowest BCUT2D eigenvalue weighted by Crippen LogP contribution is -2.31. The summed E-state index contributed by atoms with van der Waals surface area (Å²) in [4.78, 5) is 8.38. The van der Waals surface area contributed by atoms with Crippen LogP contribution in [0.2, 0.25) is 0 Å². The molecule has 0 saturated carbocycles. The van der Waals surface area contributed by atoms with Crippen molar-refractivity contribution in [3.8, 4) is 32.8 Å². The Kier molecular flexibility index (Phi) is 13.3. The second-order valence-corrected chi connectivity index (χ2v) is 11.9. The van der Waals surface area contributed by atoms with Crippen molar-refractivity contribution in [2.45, 2.75) is 58.5 Å². The molecule has 0 radical (unpaired) electrons. The normalized spacial score (nSPS) is 14.5. The van der Waals surface area contributed by atoms with E-state index in [1.54, 1.807) is 11.3 Å². The van der Waals surface area contributed by atoms with Gasteiger partial charge in [0.1, 0.15) is 16.8 Å². The van der Waals surface area contributed by atoms with E-state index in [1.807, 2.05) is 57.2 Å². The van der Waals surface area contributed by atoms with E-state index in [0.717, 1.165) is 24.1 Å². The molecule has 2 N–H and O–H groups in total. The van der Waals surface area contributed by atoms with Crippen LogP contribution in [0.3, 0.4) is 0 Å². The molecule has 1 aromatic heterocycles. The molecule has 1 fully saturated rings. The average molecular weight is 567 g/mol. The number of aryl methyl sites for hydroxylation is 1. The van der Waals surface area contributed by atoms with Crippen LogP contribution in [-0.2, 0) is 12.8 Å². The first kappa shape index (κ1) is 31.1. The van der Waals surface area contributed by atoms with E-state index in [0.29, 0.717) is 11.3 Å². The largest absolute Gasteiger partial charge is 0.490 e. The van der Waals surface area contributed by atoms with Crippen molar-refractivity contribution in [2.75, 3.05) is 39.5 Å². The molecule has 6 nitrogen and oxygen atoms in total. The molecule has 210 valence electrons. The zero-order valence-electron chi connectivity index (χ0n) is 23.7. The van der Waals surface area contributed by atoms with Crippen LogP contribution in [-0.4, -0.2) is 60.6 Å². The number of rotatable bonds is 8. The number of nitrogens with one attached hydrogen (secondary N) is 1. The molecule has 39 heavy (non-hydrogen) atoms. The Morgan fingerprint density at radius 1 is 1.13 bits per heavy atom. The number of likely N-dealkylation sites (tertiary alicyclic amines) is 1. The summed E-state index contributed by atoms with van der Waals surface area (Å²) in [5, 5.41) is 17.4. The molecule has 0 spiro atoms. The number of fused-ring (bicyclic) bond motifs is 1. The van der Waals surface area contributed by atoms with E-state index in [-0.39, 0.29) is 6.10 Å². The summed E-state index contributed by atoms with van der Waals surface area (Å²) in [6, 6.07) is 14.5. The number of aliphatic hydroxyl groups excluding tert-OH is 1. The van der Waals surface area contributed by atoms with Crippen molar-refractivity contribution >= 4 is 23.3 Å². The van der Waals surface area contributed by atoms with Crippen LogP contribution < -0.4 is 9.46 Å². The highest BCUT2D eigenvalue weighted by atomic mass is 32.2. The second kappa shape index (κ2) is 16.6. The summed E-state index contributed by atoms with van der Waals surface area (Å²) in [7, 11) is 2.99. The molecule has 0 atom stereocenters. The number of thiazole rings is 1. The minimum absolute atomic E-state index is 0.0413. The molecule has 3 aromatic rings. The van der Waals surface area contributed by atoms with Gasteiger partial charge in [0.05, 0.1) is 16.5 Å². The Morgan fingerprint density at radius 2 is 1.92 bits per heavy atom. The standard InChI is InChI=1S/C22H20N2OS.C8H18N2S.CH4O/c1-14(2)25-20-10-9-16(11-17(20)12-23)22-24-13-21(26-22)19-8-4-6-15-5-3-7-18(15)19;1-9-11-8-7-10-5-3-2-4-6-10;1-2/h4,6,8-11,13-14H,3,5,7H2,1-2H3;9H,2-8H2,1H3;2H,1H3. The predicted molar refractivity (Wildman–Crippen MR) is 165 cm³/mol. The molecule has 8 heteroatoms. The van der Waals surface area contributed by atoms with Gasteiger partial charge >= 0.3 is 0 Å². The van der Waals surface area contributed by atoms with Crippen LogP contribution >= 0.6 is 23.3 Å². The summed E-state index contributed by atoms with van der Waals surface area (Å²) in [5.41, 5.74) is 5.76. The monoisotopic (exact) mass is 566 g/mol. The Labute approximate surface area is 242 Å². The Hall–Kier alpha value is -2.41. The summed E-state index contributed by atoms with van der Waals surface area (Å²) in [5.74, 6) is 1.85. The van der Waals surface area contributed by atoms with Crippen molar-refractivity contribution < 1.29 is 9.84 Å². The number of hydrogen-bond donors (Lipinski definition) is 2. The van der Waals surface area contributed by atoms with Crippen LogP contribution in [0.25, 0.3) is 21.0 Å². The molecular weight excluding hydrogens is 525 g/mol. The molecule has 1 aliphatic carbocycles. The molecule has 2 aromatic carbocycles. The Balaban J connectivity index is 0.000000272. The van der Waals surface area contributed by atoms with E-state index < -0.39 is 0 Å². The van der Waals surface area contributed by atoms with Crippen LogP contribution in [0.1, 0.15) is 56.2 Å². The smallest absolute Gasteiger partial charge is 0.137 e. The first-order valence-corrected chi connectivity index (χ1v) is 15.6. The van der Waals surface area contributed by atoms with E-state index in [9.17, 15) is 5.26 Å². The van der Waals surface area contributed by atoms with E-state index >= 15 is 0 Å². The van der Waals surface area contributed by atoms with Gasteiger partial charge in [-0.05, 0) is 101 Å². The fourth-order valence-electron chi connectivity index (χ4n) is 4.95. The molecule has 2 aliphatic rings. The zero-order chi connectivity index (χ0) is 28.0. The summed E-state index contributed by atoms with van der Waals surface area (Å²) in [6.45, 7) is 7.82. The van der Waals surface area contributed by atoms with E-state index in [4.69, 9.17) is 9.84 Å². The van der Waals surface area contributed by atoms with Gasteiger partial charge in [0.15, 0.2) is 0 Å². The molecule has 0 bridgehead atoms. The van der Waals surface area contributed by atoms with Gasteiger partial charge in [-0.3, -0.25) is 4.72 Å². The summed E-state index contributed by atoms with van der Waals surface area (Å²) >= 11 is 3.49. The molecular formula is C31H42N4O2S2. The molecule has 1 saturated heterocycles. The minimum atomic E-state index is 0.0413. The summed E-state index contributed by atoms with van der Waals surface area (Å²) in [6.07, 6.45) is 9.82. The molecule has 1 aliphatic heterocycles. The maximum atomic E-state index is 9.44. The van der Waals surface area contributed by atoms with Crippen molar-refractivity contribution in [2.24, 2.45) is 0 Å². The van der Waals surface area contributed by atoms with Gasteiger partial charge in [0.2, 0.25) is 0 Å². The number of nitrogens with zero attached hydrogens (tertiary/aromatic N) is 3. The third-order valence-corrected chi connectivity index (χ3v) is 8.48. The Morgan fingerprint density at radius 3 is 2.64 bits per heavy atom. The number of benzene rings is 2. The summed E-state index contributed by atoms with van der Waals surface area (Å²) < 4.78 is 8.81. The molecule has 5 rings (SSSR count). The average Bonchev–Trinajstić information content (AvgIpc) is 3.66. The lowest BCUT2D eigenvalue weighted by molar-refractivity contribution is 0.242.